The number of nitrogens with zero attached hydrogens (tertiary/aromatic N) is 2. The fourth-order valence-electron chi connectivity index (χ4n) is 3.24. The molecule has 2 fully saturated rings. The first-order chi connectivity index (χ1) is 14.1. The molecule has 0 saturated carbocycles. The zero-order valence-electron chi connectivity index (χ0n) is 21.0. The van der Waals surface area contributed by atoms with E-state index in [1.165, 1.54) is 0 Å². The van der Waals surface area contributed by atoms with Gasteiger partial charge < -0.3 is 18.9 Å². The fraction of sp³-hybridized carbons (Fsp3) is 0.714. The van der Waals surface area contributed by atoms with Gasteiger partial charge in [0.2, 0.25) is 0 Å². The molecule has 3 heterocycles. The lowest BCUT2D eigenvalue weighted by molar-refractivity contribution is 0.00578. The zero-order chi connectivity index (χ0) is 23.4. The smallest absolute Gasteiger partial charge is 0.444 e. The van der Waals surface area contributed by atoms with E-state index in [1.807, 2.05) is 48.5 Å². The first-order valence-electron chi connectivity index (χ1n) is 11.4. The predicted molar refractivity (Wildman–Crippen MR) is 110 cm³/mol. The third-order valence-electron chi connectivity index (χ3n) is 5.64. The minimum absolute atomic E-state index is 0.00331. The second kappa shape index (κ2) is 7.34. The van der Waals surface area contributed by atoms with Gasteiger partial charge >= 0.3 is 13.2 Å². The maximum Gasteiger partial charge on any atom is 0.496 e. The largest absolute Gasteiger partial charge is 0.496 e. The zero-order valence-corrected chi connectivity index (χ0v) is 18.0. The van der Waals surface area contributed by atoms with E-state index in [-0.39, 0.29) is 35.7 Å². The normalized spacial score (nSPS) is 23.9. The van der Waals surface area contributed by atoms with E-state index in [1.54, 1.807) is 4.90 Å². The lowest BCUT2D eigenvalue weighted by Crippen LogP contribution is -2.41. The second-order valence-electron chi connectivity index (χ2n) is 9.60. The summed E-state index contributed by atoms with van der Waals surface area (Å²) in [5.41, 5.74) is -1.14. The predicted octanol–water partition coefficient (Wildman–Crippen LogP) is 3.50. The molecule has 0 N–H and O–H groups in total. The van der Waals surface area contributed by atoms with Crippen LogP contribution in [0.25, 0.3) is 0 Å². The van der Waals surface area contributed by atoms with E-state index in [9.17, 15) is 4.79 Å². The monoisotopic (exact) mass is 391 g/mol. The SMILES string of the molecule is [2H]c1nc(C2CCN(C(=O)OC(C)(C)C)CC2)c([2H])c([2H])c1B1OC(C)(C)C(C)(C)O1. The van der Waals surface area contributed by atoms with Crippen LogP contribution in [-0.2, 0) is 14.0 Å². The third-order valence-corrected chi connectivity index (χ3v) is 5.64. The highest BCUT2D eigenvalue weighted by Crippen LogP contribution is 2.36. The molecular weight excluding hydrogens is 355 g/mol. The summed E-state index contributed by atoms with van der Waals surface area (Å²) in [5, 5.41) is 0. The molecule has 0 aliphatic carbocycles. The van der Waals surface area contributed by atoms with Crippen LogP contribution >= 0.6 is 0 Å². The van der Waals surface area contributed by atoms with Crippen LogP contribution in [0.5, 0.6) is 0 Å². The highest BCUT2D eigenvalue weighted by atomic mass is 16.7. The molecule has 2 aliphatic rings. The van der Waals surface area contributed by atoms with E-state index in [2.05, 4.69) is 4.98 Å². The van der Waals surface area contributed by atoms with Crippen LogP contribution in [-0.4, -0.2) is 53.0 Å². The molecule has 6 nitrogen and oxygen atoms in total. The van der Waals surface area contributed by atoms with E-state index in [0.29, 0.717) is 31.6 Å². The highest BCUT2D eigenvalue weighted by molar-refractivity contribution is 6.62. The van der Waals surface area contributed by atoms with Crippen LogP contribution in [0.15, 0.2) is 18.3 Å². The Labute approximate surface area is 173 Å². The molecule has 1 amide bonds. The molecule has 0 spiro atoms. The number of aromatic nitrogens is 1. The fourth-order valence-corrected chi connectivity index (χ4v) is 3.24. The molecule has 2 saturated heterocycles. The van der Waals surface area contributed by atoms with Gasteiger partial charge in [-0.1, -0.05) is 6.04 Å². The lowest BCUT2D eigenvalue weighted by atomic mass is 9.80. The van der Waals surface area contributed by atoms with Gasteiger partial charge in [-0.05, 0) is 67.4 Å². The van der Waals surface area contributed by atoms with Crippen molar-refractivity contribution < 1.29 is 23.0 Å². The Morgan fingerprint density at radius 1 is 1.21 bits per heavy atom. The summed E-state index contributed by atoms with van der Waals surface area (Å²) >= 11 is 0. The van der Waals surface area contributed by atoms with Crippen molar-refractivity contribution >= 4 is 18.7 Å². The minimum Gasteiger partial charge on any atom is -0.444 e. The summed E-state index contributed by atoms with van der Waals surface area (Å²) in [6.45, 7) is 14.1. The van der Waals surface area contributed by atoms with Crippen molar-refractivity contribution in [1.29, 1.82) is 0 Å². The van der Waals surface area contributed by atoms with Gasteiger partial charge in [0.15, 0.2) is 0 Å². The van der Waals surface area contributed by atoms with E-state index in [0.717, 1.165) is 0 Å². The van der Waals surface area contributed by atoms with Crippen molar-refractivity contribution in [3.05, 3.63) is 24.0 Å². The Morgan fingerprint density at radius 3 is 2.32 bits per heavy atom. The molecule has 0 aromatic carbocycles. The van der Waals surface area contributed by atoms with Crippen LogP contribution in [0.3, 0.4) is 0 Å². The maximum atomic E-state index is 12.3. The average molecular weight is 391 g/mol. The molecular formula is C21H33BN2O4. The van der Waals surface area contributed by atoms with E-state index < -0.39 is 23.9 Å². The highest BCUT2D eigenvalue weighted by Gasteiger charge is 2.51. The quantitative estimate of drug-likeness (QED) is 0.723. The second-order valence-corrected chi connectivity index (χ2v) is 9.60. The van der Waals surface area contributed by atoms with Gasteiger partial charge in [-0.25, -0.2) is 4.79 Å². The van der Waals surface area contributed by atoms with Crippen LogP contribution in [0.1, 0.15) is 77.0 Å². The Morgan fingerprint density at radius 2 is 1.79 bits per heavy atom. The first-order valence-corrected chi connectivity index (χ1v) is 9.94. The summed E-state index contributed by atoms with van der Waals surface area (Å²) in [5.74, 6) is -0.0910. The number of amides is 1. The van der Waals surface area contributed by atoms with Gasteiger partial charge in [-0.3, -0.25) is 4.98 Å². The van der Waals surface area contributed by atoms with Gasteiger partial charge in [0.1, 0.15) is 5.60 Å². The van der Waals surface area contributed by atoms with Gasteiger partial charge in [-0.2, -0.15) is 0 Å². The molecule has 154 valence electrons. The summed E-state index contributed by atoms with van der Waals surface area (Å²) in [7, 11) is -0.898. The number of piperidine rings is 1. The molecule has 2 aliphatic heterocycles. The van der Waals surface area contributed by atoms with Gasteiger partial charge in [0, 0.05) is 36.3 Å². The number of pyridine rings is 1. The molecule has 1 aromatic rings. The van der Waals surface area contributed by atoms with Crippen LogP contribution < -0.4 is 5.46 Å². The van der Waals surface area contributed by atoms with E-state index in [4.69, 9.17) is 18.2 Å². The number of hydrogen-bond acceptors (Lipinski definition) is 5. The summed E-state index contributed by atoms with van der Waals surface area (Å²) in [4.78, 5) is 18.3. The Bertz CT molecular complexity index is 849. The number of carbonyl (C=O) groups is 1. The van der Waals surface area contributed by atoms with Crippen LogP contribution in [0.2, 0.25) is 0 Å². The number of hydrogen-bond donors (Lipinski definition) is 0. The number of carbonyl (C=O) groups excluding carboxylic acids is 1. The molecule has 1 aromatic heterocycles. The summed E-state index contributed by atoms with van der Waals surface area (Å²) in [6, 6.07) is -0.0838. The molecule has 28 heavy (non-hydrogen) atoms. The number of rotatable bonds is 2. The first kappa shape index (κ1) is 17.3. The standard InChI is InChI=1S/C21H33BN2O4/c1-19(2,3)26-18(25)24-12-10-15(11-13-24)17-9-8-16(14-23-17)22-27-20(4,5)21(6,7)28-22/h8-9,14-15H,10-13H2,1-7H3/i8D,9D,14D. The number of ether oxygens (including phenoxy) is 1. The van der Waals surface area contributed by atoms with Crippen LogP contribution in [0, 0.1) is 0 Å². The molecule has 7 heteroatoms. The molecule has 0 atom stereocenters. The number of likely N-dealkylation sites (tertiary alicyclic amines) is 1. The summed E-state index contributed by atoms with van der Waals surface area (Å²) < 4.78 is 42.9. The average Bonchev–Trinajstić information content (AvgIpc) is 2.84. The minimum atomic E-state index is -0.898. The molecule has 3 rings (SSSR count). The third kappa shape index (κ3) is 4.52. The Hall–Kier alpha value is -1.60. The molecule has 0 bridgehead atoms. The Kier molecular flexibility index (Phi) is 4.53. The van der Waals surface area contributed by atoms with Crippen molar-refractivity contribution in [2.45, 2.75) is 84.0 Å². The van der Waals surface area contributed by atoms with Crippen molar-refractivity contribution in [2.75, 3.05) is 13.1 Å². The maximum absolute atomic E-state index is 12.3. The lowest BCUT2D eigenvalue weighted by Gasteiger charge is -2.33. The van der Waals surface area contributed by atoms with Crippen molar-refractivity contribution in [2.24, 2.45) is 0 Å². The van der Waals surface area contributed by atoms with Gasteiger partial charge in [0.05, 0.1) is 15.3 Å². The summed E-state index contributed by atoms with van der Waals surface area (Å²) in [6.07, 6.45) is 0.771. The topological polar surface area (TPSA) is 60.9 Å². The van der Waals surface area contributed by atoms with Crippen molar-refractivity contribution in [3.8, 4) is 0 Å². The van der Waals surface area contributed by atoms with Gasteiger partial charge in [-0.15, -0.1) is 0 Å². The molecule has 0 radical (unpaired) electrons. The Balaban J connectivity index is 1.77. The van der Waals surface area contributed by atoms with Crippen molar-refractivity contribution in [1.82, 2.24) is 9.88 Å². The molecule has 0 unspecified atom stereocenters. The van der Waals surface area contributed by atoms with E-state index >= 15 is 0 Å². The van der Waals surface area contributed by atoms with Gasteiger partial charge in [0.25, 0.3) is 0 Å². The van der Waals surface area contributed by atoms with Crippen molar-refractivity contribution in [3.63, 3.8) is 0 Å². The van der Waals surface area contributed by atoms with Crippen LogP contribution in [0.4, 0.5) is 4.79 Å².